The summed E-state index contributed by atoms with van der Waals surface area (Å²) in [6, 6.07) is 61.9. The summed E-state index contributed by atoms with van der Waals surface area (Å²) in [7, 11) is 0. The number of hydrogen-bond donors (Lipinski definition) is 0. The van der Waals surface area contributed by atoms with Crippen molar-refractivity contribution >= 4 is 43.2 Å². The van der Waals surface area contributed by atoms with Gasteiger partial charge in [-0.3, -0.25) is 0 Å². The maximum Gasteiger partial charge on any atom is 0.0528 e. The van der Waals surface area contributed by atoms with Crippen LogP contribution in [-0.2, 0) is 0 Å². The van der Waals surface area contributed by atoms with Crippen LogP contribution in [-0.4, -0.2) is 4.57 Å². The van der Waals surface area contributed by atoms with Gasteiger partial charge in [-0.25, -0.2) is 0 Å². The Kier molecular flexibility index (Phi) is 5.89. The van der Waals surface area contributed by atoms with Crippen molar-refractivity contribution in [3.63, 3.8) is 0 Å². The molecule has 0 N–H and O–H groups in total. The smallest absolute Gasteiger partial charge is 0.0528 e. The predicted octanol–water partition coefficient (Wildman–Crippen LogP) is 12.1. The monoisotopic (exact) mass is 571 g/mol. The molecule has 45 heavy (non-hydrogen) atoms. The Labute approximate surface area is 262 Å². The SMILES string of the molecule is c1cc(-c2cccc(-c3ccc4c5ccccc5c5ccccc5c4c3)c2)cc(-c2cccc(-n3ccc4ccccc43)c2)c1. The Hall–Kier alpha value is -5.92. The number of aromatic nitrogens is 1. The molecular formula is C44H29N. The van der Waals surface area contributed by atoms with Gasteiger partial charge in [-0.05, 0) is 114 Å². The van der Waals surface area contributed by atoms with Gasteiger partial charge in [-0.1, -0.05) is 127 Å². The lowest BCUT2D eigenvalue weighted by Gasteiger charge is -2.13. The zero-order chi connectivity index (χ0) is 29.7. The van der Waals surface area contributed by atoms with Gasteiger partial charge < -0.3 is 4.57 Å². The van der Waals surface area contributed by atoms with Crippen LogP contribution in [0.2, 0.25) is 0 Å². The molecule has 0 bridgehead atoms. The fraction of sp³-hybridized carbons (Fsp3) is 0. The highest BCUT2D eigenvalue weighted by molar-refractivity contribution is 6.25. The quantitative estimate of drug-likeness (QED) is 0.185. The molecule has 0 spiro atoms. The summed E-state index contributed by atoms with van der Waals surface area (Å²) in [5.41, 5.74) is 9.67. The van der Waals surface area contributed by atoms with E-state index in [1.54, 1.807) is 0 Å². The van der Waals surface area contributed by atoms with Gasteiger partial charge in [0.25, 0.3) is 0 Å². The van der Waals surface area contributed by atoms with Crippen LogP contribution in [0.15, 0.2) is 176 Å². The van der Waals surface area contributed by atoms with E-state index in [1.807, 2.05) is 0 Å². The number of benzene rings is 8. The molecule has 1 heterocycles. The van der Waals surface area contributed by atoms with Crippen molar-refractivity contribution in [3.8, 4) is 39.1 Å². The Bertz CT molecular complexity index is 2510. The lowest BCUT2D eigenvalue weighted by atomic mass is 9.91. The third kappa shape index (κ3) is 4.32. The molecule has 9 aromatic rings. The van der Waals surface area contributed by atoms with Gasteiger partial charge in [0, 0.05) is 11.9 Å². The molecule has 0 saturated heterocycles. The van der Waals surface area contributed by atoms with Gasteiger partial charge in [0.15, 0.2) is 0 Å². The third-order valence-electron chi connectivity index (χ3n) is 9.19. The van der Waals surface area contributed by atoms with Gasteiger partial charge in [0.2, 0.25) is 0 Å². The van der Waals surface area contributed by atoms with E-state index in [1.165, 1.54) is 76.6 Å². The average Bonchev–Trinajstić information content (AvgIpc) is 3.56. The lowest BCUT2D eigenvalue weighted by molar-refractivity contribution is 1.13. The maximum absolute atomic E-state index is 2.37. The molecule has 210 valence electrons. The Morgan fingerprint density at radius 1 is 0.289 bits per heavy atom. The van der Waals surface area contributed by atoms with Gasteiger partial charge in [0.05, 0.1) is 5.52 Å². The minimum atomic E-state index is 1.16. The molecule has 0 aliphatic rings. The molecule has 0 aliphatic carbocycles. The van der Waals surface area contributed by atoms with Gasteiger partial charge in [-0.15, -0.1) is 0 Å². The van der Waals surface area contributed by atoms with Crippen LogP contribution in [0.25, 0.3) is 82.3 Å². The van der Waals surface area contributed by atoms with E-state index in [4.69, 9.17) is 0 Å². The lowest BCUT2D eigenvalue weighted by Crippen LogP contribution is -1.92. The molecule has 0 radical (unpaired) electrons. The van der Waals surface area contributed by atoms with Crippen LogP contribution in [0.5, 0.6) is 0 Å². The van der Waals surface area contributed by atoms with E-state index in [0.717, 1.165) is 5.69 Å². The van der Waals surface area contributed by atoms with E-state index < -0.39 is 0 Å². The van der Waals surface area contributed by atoms with E-state index in [0.29, 0.717) is 0 Å². The number of fused-ring (bicyclic) bond motifs is 7. The molecule has 1 aromatic heterocycles. The summed E-state index contributed by atoms with van der Waals surface area (Å²) >= 11 is 0. The predicted molar refractivity (Wildman–Crippen MR) is 192 cm³/mol. The van der Waals surface area contributed by atoms with Gasteiger partial charge in [0.1, 0.15) is 0 Å². The molecular weight excluding hydrogens is 542 g/mol. The largest absolute Gasteiger partial charge is 0.317 e. The minimum Gasteiger partial charge on any atom is -0.317 e. The molecule has 9 rings (SSSR count). The van der Waals surface area contributed by atoms with Crippen LogP contribution in [0.4, 0.5) is 0 Å². The standard InChI is InChI=1S/C44H29N/c1-6-21-44-30(10-1)24-25-45(44)37-16-9-15-35(28-37)33-13-7-11-31(26-33)32-12-8-14-34(27-32)36-22-23-42-40-19-3-2-17-38(40)39-18-4-5-20-41(39)43(42)29-36/h1-29H. The van der Waals surface area contributed by atoms with E-state index in [9.17, 15) is 0 Å². The zero-order valence-corrected chi connectivity index (χ0v) is 24.7. The van der Waals surface area contributed by atoms with E-state index >= 15 is 0 Å². The summed E-state index contributed by atoms with van der Waals surface area (Å²) in [5.74, 6) is 0. The minimum absolute atomic E-state index is 1.16. The zero-order valence-electron chi connectivity index (χ0n) is 24.7. The molecule has 0 atom stereocenters. The van der Waals surface area contributed by atoms with Crippen molar-refractivity contribution < 1.29 is 0 Å². The molecule has 0 unspecified atom stereocenters. The number of nitrogens with zero attached hydrogens (tertiary/aromatic N) is 1. The summed E-state index contributed by atoms with van der Waals surface area (Å²) in [6.45, 7) is 0. The van der Waals surface area contributed by atoms with Crippen LogP contribution >= 0.6 is 0 Å². The molecule has 1 nitrogen and oxygen atoms in total. The van der Waals surface area contributed by atoms with Crippen LogP contribution in [0.1, 0.15) is 0 Å². The summed E-state index contributed by atoms with van der Waals surface area (Å²) < 4.78 is 2.27. The van der Waals surface area contributed by atoms with Crippen molar-refractivity contribution in [2.45, 2.75) is 0 Å². The summed E-state index contributed by atoms with van der Waals surface area (Å²) in [5, 5.41) is 9.05. The Morgan fingerprint density at radius 2 is 0.756 bits per heavy atom. The van der Waals surface area contributed by atoms with Crippen molar-refractivity contribution in [1.82, 2.24) is 4.57 Å². The highest BCUT2D eigenvalue weighted by Crippen LogP contribution is 2.38. The molecule has 8 aromatic carbocycles. The fourth-order valence-electron chi connectivity index (χ4n) is 6.99. The fourth-order valence-corrected chi connectivity index (χ4v) is 6.99. The van der Waals surface area contributed by atoms with Gasteiger partial charge in [-0.2, -0.15) is 0 Å². The first kappa shape index (κ1) is 25.6. The first-order valence-electron chi connectivity index (χ1n) is 15.5. The summed E-state index contributed by atoms with van der Waals surface area (Å²) in [6.07, 6.45) is 2.16. The molecule has 1 heteroatoms. The third-order valence-corrected chi connectivity index (χ3v) is 9.19. The van der Waals surface area contributed by atoms with E-state index in [-0.39, 0.29) is 0 Å². The topological polar surface area (TPSA) is 4.93 Å². The second kappa shape index (κ2) is 10.4. The van der Waals surface area contributed by atoms with Crippen molar-refractivity contribution in [2.75, 3.05) is 0 Å². The molecule has 0 saturated carbocycles. The maximum atomic E-state index is 2.37. The number of para-hydroxylation sites is 1. The Balaban J connectivity index is 1.11. The second-order valence-electron chi connectivity index (χ2n) is 11.8. The molecule has 0 fully saturated rings. The first-order chi connectivity index (χ1) is 22.3. The van der Waals surface area contributed by atoms with E-state index in [2.05, 4.69) is 181 Å². The van der Waals surface area contributed by atoms with Crippen molar-refractivity contribution in [1.29, 1.82) is 0 Å². The molecule has 0 aliphatic heterocycles. The van der Waals surface area contributed by atoms with Crippen LogP contribution < -0.4 is 0 Å². The van der Waals surface area contributed by atoms with Crippen LogP contribution in [0.3, 0.4) is 0 Å². The highest BCUT2D eigenvalue weighted by Gasteiger charge is 2.11. The number of rotatable bonds is 4. The van der Waals surface area contributed by atoms with Crippen molar-refractivity contribution in [3.05, 3.63) is 176 Å². The van der Waals surface area contributed by atoms with Crippen molar-refractivity contribution in [2.24, 2.45) is 0 Å². The first-order valence-corrected chi connectivity index (χ1v) is 15.5. The van der Waals surface area contributed by atoms with Gasteiger partial charge >= 0.3 is 0 Å². The highest BCUT2D eigenvalue weighted by atomic mass is 15.0. The number of hydrogen-bond acceptors (Lipinski definition) is 0. The Morgan fingerprint density at radius 3 is 1.38 bits per heavy atom. The molecule has 0 amide bonds. The summed E-state index contributed by atoms with van der Waals surface area (Å²) in [4.78, 5) is 0. The van der Waals surface area contributed by atoms with Crippen LogP contribution in [0, 0.1) is 0 Å². The average molecular weight is 572 g/mol. The second-order valence-corrected chi connectivity index (χ2v) is 11.8. The normalized spacial score (nSPS) is 11.6.